The number of nitrogens with one attached hydrogen (secondary N) is 2. The Bertz CT molecular complexity index is 597. The summed E-state index contributed by atoms with van der Waals surface area (Å²) in [5.74, 6) is -0.250. The maximum absolute atomic E-state index is 11.4. The highest BCUT2D eigenvalue weighted by atomic mass is 16.2. The van der Waals surface area contributed by atoms with Crippen molar-refractivity contribution in [3.8, 4) is 0 Å². The number of carbonyl (C=O) groups is 2. The quantitative estimate of drug-likeness (QED) is 0.672. The zero-order chi connectivity index (χ0) is 17.6. The lowest BCUT2D eigenvalue weighted by Crippen LogP contribution is -2.62. The van der Waals surface area contributed by atoms with Crippen LogP contribution in [0.15, 0.2) is 24.3 Å². The number of hydrogen-bond donors (Lipinski definition) is 2. The number of carbonyl (C=O) groups excluding carboxylic acids is 2. The maximum Gasteiger partial charge on any atom is 0.228 e. The fraction of sp³-hybridized carbons (Fsp3) is 0.556. The molecule has 2 fully saturated rings. The Hall–Kier alpha value is -2.12. The lowest BCUT2D eigenvalue weighted by molar-refractivity contribution is -0.125. The number of piperazine rings is 1. The van der Waals surface area contributed by atoms with Crippen molar-refractivity contribution in [3.05, 3.63) is 24.3 Å². The van der Waals surface area contributed by atoms with Crippen molar-refractivity contribution in [2.75, 3.05) is 62.7 Å². The predicted octanol–water partition coefficient (Wildman–Crippen LogP) is -0.121. The highest BCUT2D eigenvalue weighted by Crippen LogP contribution is 2.27. The summed E-state index contributed by atoms with van der Waals surface area (Å²) in [7, 11) is 1.97. The van der Waals surface area contributed by atoms with Crippen LogP contribution >= 0.6 is 0 Å². The van der Waals surface area contributed by atoms with E-state index in [0.29, 0.717) is 25.4 Å². The van der Waals surface area contributed by atoms with Crippen LogP contribution in [0, 0.1) is 0 Å². The van der Waals surface area contributed by atoms with Crippen LogP contribution in [0.3, 0.4) is 0 Å². The zero-order valence-corrected chi connectivity index (χ0v) is 14.8. The van der Waals surface area contributed by atoms with E-state index in [9.17, 15) is 9.59 Å². The lowest BCUT2D eigenvalue weighted by atomic mass is 10.0. The highest BCUT2D eigenvalue weighted by molar-refractivity contribution is 5.86. The average Bonchev–Trinajstić information content (AvgIpc) is 2.60. The number of nitrogens with zero attached hydrogens (tertiary/aromatic N) is 3. The van der Waals surface area contributed by atoms with E-state index in [4.69, 9.17) is 0 Å². The van der Waals surface area contributed by atoms with Gasteiger partial charge in [0.25, 0.3) is 0 Å². The van der Waals surface area contributed by atoms with Gasteiger partial charge in [-0.15, -0.1) is 0 Å². The first-order valence-electron chi connectivity index (χ1n) is 8.91. The van der Waals surface area contributed by atoms with E-state index in [1.807, 2.05) is 11.9 Å². The minimum Gasteiger partial charge on any atom is -0.374 e. The normalized spacial score (nSPS) is 18.5. The molecule has 0 spiro atoms. The van der Waals surface area contributed by atoms with Crippen LogP contribution in [0.25, 0.3) is 0 Å². The Balaban J connectivity index is 1.51. The molecule has 2 heterocycles. The number of anilines is 2. The fourth-order valence-electron chi connectivity index (χ4n) is 3.41. The van der Waals surface area contributed by atoms with E-state index in [1.54, 1.807) is 0 Å². The summed E-state index contributed by atoms with van der Waals surface area (Å²) >= 11 is 0. The van der Waals surface area contributed by atoms with Crippen LogP contribution < -0.4 is 20.4 Å². The van der Waals surface area contributed by atoms with Crippen LogP contribution in [0.5, 0.6) is 0 Å². The van der Waals surface area contributed by atoms with Crippen LogP contribution in [-0.2, 0) is 9.59 Å². The molecule has 0 aromatic heterocycles. The summed E-state index contributed by atoms with van der Waals surface area (Å²) in [5.41, 5.74) is 2.31. The molecule has 0 unspecified atom stereocenters. The minimum absolute atomic E-state index is 0.250. The van der Waals surface area contributed by atoms with Gasteiger partial charge in [0.15, 0.2) is 0 Å². The minimum atomic E-state index is -0.250. The molecule has 0 saturated carbocycles. The first-order valence-corrected chi connectivity index (χ1v) is 8.91. The van der Waals surface area contributed by atoms with E-state index < -0.39 is 0 Å². The molecule has 136 valence electrons. The molecule has 25 heavy (non-hydrogen) atoms. The molecule has 1 aromatic rings. The van der Waals surface area contributed by atoms with E-state index in [0.717, 1.165) is 45.0 Å². The van der Waals surface area contributed by atoms with Gasteiger partial charge in [0.1, 0.15) is 0 Å². The van der Waals surface area contributed by atoms with Crippen molar-refractivity contribution in [3.63, 3.8) is 0 Å². The highest BCUT2D eigenvalue weighted by Gasteiger charge is 2.32. The van der Waals surface area contributed by atoms with Gasteiger partial charge in [-0.1, -0.05) is 6.07 Å². The molecule has 2 amide bonds. The van der Waals surface area contributed by atoms with E-state index in [1.165, 1.54) is 5.69 Å². The van der Waals surface area contributed by atoms with Gasteiger partial charge < -0.3 is 15.1 Å². The molecule has 0 bridgehead atoms. The Morgan fingerprint density at radius 1 is 1.36 bits per heavy atom. The summed E-state index contributed by atoms with van der Waals surface area (Å²) in [5, 5.41) is 5.57. The SMILES string of the molecule is CN(CCC(=O)NC=O)c1cccc(N2CC(N3CCNCC3)C2)c1. The summed E-state index contributed by atoms with van der Waals surface area (Å²) < 4.78 is 0. The van der Waals surface area contributed by atoms with Gasteiger partial charge in [-0.05, 0) is 18.2 Å². The van der Waals surface area contributed by atoms with Gasteiger partial charge in [0.2, 0.25) is 12.3 Å². The van der Waals surface area contributed by atoms with E-state index in [2.05, 4.69) is 44.7 Å². The molecule has 3 rings (SSSR count). The summed E-state index contributed by atoms with van der Waals surface area (Å²) in [4.78, 5) is 28.7. The molecular formula is C18H27N5O2. The summed E-state index contributed by atoms with van der Waals surface area (Å²) in [6.45, 7) is 7.20. The molecule has 0 radical (unpaired) electrons. The number of imide groups is 1. The third-order valence-corrected chi connectivity index (χ3v) is 5.06. The van der Waals surface area contributed by atoms with Crippen molar-refractivity contribution in [1.82, 2.24) is 15.5 Å². The first-order chi connectivity index (χ1) is 12.2. The van der Waals surface area contributed by atoms with Gasteiger partial charge in [0, 0.05) is 76.7 Å². The van der Waals surface area contributed by atoms with Crippen molar-refractivity contribution in [2.24, 2.45) is 0 Å². The second kappa shape index (κ2) is 8.31. The van der Waals surface area contributed by atoms with Gasteiger partial charge in [0.05, 0.1) is 0 Å². The molecule has 2 aliphatic heterocycles. The van der Waals surface area contributed by atoms with Crippen LogP contribution in [0.1, 0.15) is 6.42 Å². The second-order valence-electron chi connectivity index (χ2n) is 6.72. The lowest BCUT2D eigenvalue weighted by Gasteiger charge is -2.48. The Kier molecular flexibility index (Phi) is 5.88. The zero-order valence-electron chi connectivity index (χ0n) is 14.8. The van der Waals surface area contributed by atoms with E-state index >= 15 is 0 Å². The molecular weight excluding hydrogens is 318 g/mol. The second-order valence-corrected chi connectivity index (χ2v) is 6.72. The molecule has 0 atom stereocenters. The standard InChI is InChI=1S/C18H27N5O2/c1-21(8-5-18(25)20-14-24)15-3-2-4-16(11-15)23-12-17(13-23)22-9-6-19-7-10-22/h2-4,11,14,17,19H,5-10,12-13H2,1H3,(H,20,24,25). The number of amides is 2. The van der Waals surface area contributed by atoms with Crippen LogP contribution in [0.4, 0.5) is 11.4 Å². The number of hydrogen-bond acceptors (Lipinski definition) is 6. The maximum atomic E-state index is 11.4. The third kappa shape index (κ3) is 4.49. The Morgan fingerprint density at radius 3 is 2.84 bits per heavy atom. The molecule has 1 aromatic carbocycles. The Morgan fingerprint density at radius 2 is 2.12 bits per heavy atom. The largest absolute Gasteiger partial charge is 0.374 e. The van der Waals surface area contributed by atoms with Crippen molar-refractivity contribution >= 4 is 23.7 Å². The summed E-state index contributed by atoms with van der Waals surface area (Å²) in [6, 6.07) is 9.09. The van der Waals surface area contributed by atoms with Crippen molar-refractivity contribution in [1.29, 1.82) is 0 Å². The third-order valence-electron chi connectivity index (χ3n) is 5.06. The monoisotopic (exact) mass is 345 g/mol. The molecule has 2 N–H and O–H groups in total. The van der Waals surface area contributed by atoms with Crippen LogP contribution in [-0.4, -0.2) is 76.1 Å². The van der Waals surface area contributed by atoms with Gasteiger partial charge in [-0.3, -0.25) is 19.8 Å². The average molecular weight is 345 g/mol. The topological polar surface area (TPSA) is 67.9 Å². The van der Waals surface area contributed by atoms with Crippen molar-refractivity contribution < 1.29 is 9.59 Å². The van der Waals surface area contributed by atoms with Gasteiger partial charge >= 0.3 is 0 Å². The molecule has 2 saturated heterocycles. The van der Waals surface area contributed by atoms with Crippen LogP contribution in [0.2, 0.25) is 0 Å². The smallest absolute Gasteiger partial charge is 0.228 e. The first kappa shape index (κ1) is 17.7. The Labute approximate surface area is 149 Å². The summed E-state index contributed by atoms with van der Waals surface area (Å²) in [6.07, 6.45) is 0.732. The number of rotatable bonds is 7. The molecule has 7 heteroatoms. The van der Waals surface area contributed by atoms with Crippen molar-refractivity contribution in [2.45, 2.75) is 12.5 Å². The molecule has 2 aliphatic rings. The van der Waals surface area contributed by atoms with Gasteiger partial charge in [-0.2, -0.15) is 0 Å². The van der Waals surface area contributed by atoms with E-state index in [-0.39, 0.29) is 5.91 Å². The fourth-order valence-corrected chi connectivity index (χ4v) is 3.41. The number of benzene rings is 1. The van der Waals surface area contributed by atoms with Gasteiger partial charge in [-0.25, -0.2) is 0 Å². The molecule has 7 nitrogen and oxygen atoms in total. The predicted molar refractivity (Wildman–Crippen MR) is 99.0 cm³/mol. The molecule has 0 aliphatic carbocycles.